The van der Waals surface area contributed by atoms with Crippen molar-refractivity contribution < 1.29 is 4.79 Å². The first-order chi connectivity index (χ1) is 8.72. The Labute approximate surface area is 109 Å². The number of anilines is 1. The molecule has 0 radical (unpaired) electrons. The Morgan fingerprint density at radius 1 is 1.17 bits per heavy atom. The molecule has 98 valence electrons. The summed E-state index contributed by atoms with van der Waals surface area (Å²) in [6, 6.07) is 5.94. The SMILES string of the molecule is CNc1ccc(C(=O)N2CCCCCC2)c(C)c1. The molecule has 0 aliphatic carbocycles. The van der Waals surface area contributed by atoms with E-state index >= 15 is 0 Å². The minimum atomic E-state index is 0.192. The van der Waals surface area contributed by atoms with Gasteiger partial charge in [0.2, 0.25) is 0 Å². The Kier molecular flexibility index (Phi) is 4.24. The Morgan fingerprint density at radius 3 is 2.39 bits per heavy atom. The van der Waals surface area contributed by atoms with E-state index in [1.807, 2.05) is 37.1 Å². The molecule has 1 N–H and O–H groups in total. The van der Waals surface area contributed by atoms with Crippen LogP contribution in [0.3, 0.4) is 0 Å². The molecule has 0 atom stereocenters. The van der Waals surface area contributed by atoms with Crippen molar-refractivity contribution >= 4 is 11.6 Å². The predicted molar refractivity (Wildman–Crippen MR) is 75.1 cm³/mol. The molecule has 3 heteroatoms. The van der Waals surface area contributed by atoms with E-state index in [0.717, 1.165) is 42.7 Å². The summed E-state index contributed by atoms with van der Waals surface area (Å²) in [6.07, 6.45) is 4.78. The fraction of sp³-hybridized carbons (Fsp3) is 0.533. The largest absolute Gasteiger partial charge is 0.388 e. The van der Waals surface area contributed by atoms with Gasteiger partial charge in [-0.25, -0.2) is 0 Å². The van der Waals surface area contributed by atoms with Gasteiger partial charge in [0.1, 0.15) is 0 Å². The van der Waals surface area contributed by atoms with Crippen LogP contribution >= 0.6 is 0 Å². The van der Waals surface area contributed by atoms with Crippen LogP contribution in [0.15, 0.2) is 18.2 Å². The number of hydrogen-bond acceptors (Lipinski definition) is 2. The van der Waals surface area contributed by atoms with Crippen LogP contribution in [0.2, 0.25) is 0 Å². The number of aryl methyl sites for hydroxylation is 1. The molecule has 0 unspecified atom stereocenters. The molecule has 1 saturated heterocycles. The van der Waals surface area contributed by atoms with Gasteiger partial charge in [-0.2, -0.15) is 0 Å². The van der Waals surface area contributed by atoms with Crippen molar-refractivity contribution in [1.29, 1.82) is 0 Å². The fourth-order valence-electron chi connectivity index (χ4n) is 2.50. The molecule has 0 bridgehead atoms. The Morgan fingerprint density at radius 2 is 1.83 bits per heavy atom. The summed E-state index contributed by atoms with van der Waals surface area (Å²) >= 11 is 0. The van der Waals surface area contributed by atoms with E-state index < -0.39 is 0 Å². The van der Waals surface area contributed by atoms with Crippen LogP contribution in [0.5, 0.6) is 0 Å². The maximum absolute atomic E-state index is 12.5. The van der Waals surface area contributed by atoms with E-state index in [2.05, 4.69) is 5.32 Å². The number of benzene rings is 1. The Bertz CT molecular complexity index is 421. The average Bonchev–Trinajstić information content (AvgIpc) is 2.66. The highest BCUT2D eigenvalue weighted by molar-refractivity contribution is 5.96. The molecule has 0 spiro atoms. The molecule has 0 saturated carbocycles. The lowest BCUT2D eigenvalue weighted by molar-refractivity contribution is 0.0761. The summed E-state index contributed by atoms with van der Waals surface area (Å²) in [5.74, 6) is 0.192. The molecular weight excluding hydrogens is 224 g/mol. The van der Waals surface area contributed by atoms with Crippen molar-refractivity contribution in [2.45, 2.75) is 32.6 Å². The second kappa shape index (κ2) is 5.89. The zero-order valence-corrected chi connectivity index (χ0v) is 11.3. The van der Waals surface area contributed by atoms with Gasteiger partial charge in [0, 0.05) is 31.4 Å². The van der Waals surface area contributed by atoms with Crippen LogP contribution in [0.1, 0.15) is 41.6 Å². The second-order valence-corrected chi connectivity index (χ2v) is 4.99. The van der Waals surface area contributed by atoms with Crippen molar-refractivity contribution in [3.63, 3.8) is 0 Å². The highest BCUT2D eigenvalue weighted by Crippen LogP contribution is 2.18. The Balaban J connectivity index is 2.16. The lowest BCUT2D eigenvalue weighted by Gasteiger charge is -2.21. The van der Waals surface area contributed by atoms with Crippen molar-refractivity contribution in [2.24, 2.45) is 0 Å². The predicted octanol–water partition coefficient (Wildman–Crippen LogP) is 3.05. The number of amides is 1. The first-order valence-corrected chi connectivity index (χ1v) is 6.80. The zero-order chi connectivity index (χ0) is 13.0. The number of likely N-dealkylation sites (tertiary alicyclic amines) is 1. The molecule has 1 aromatic rings. The average molecular weight is 246 g/mol. The van der Waals surface area contributed by atoms with Crippen LogP contribution in [-0.2, 0) is 0 Å². The number of hydrogen-bond donors (Lipinski definition) is 1. The molecule has 1 aliphatic heterocycles. The smallest absolute Gasteiger partial charge is 0.254 e. The van der Waals surface area contributed by atoms with Gasteiger partial charge >= 0.3 is 0 Å². The number of carbonyl (C=O) groups is 1. The van der Waals surface area contributed by atoms with Gasteiger partial charge in [0.25, 0.3) is 5.91 Å². The zero-order valence-electron chi connectivity index (χ0n) is 11.3. The van der Waals surface area contributed by atoms with Crippen LogP contribution in [0, 0.1) is 6.92 Å². The van der Waals surface area contributed by atoms with Gasteiger partial charge in [0.15, 0.2) is 0 Å². The first-order valence-electron chi connectivity index (χ1n) is 6.80. The number of nitrogens with one attached hydrogen (secondary N) is 1. The summed E-state index contributed by atoms with van der Waals surface area (Å²) in [4.78, 5) is 14.5. The highest BCUT2D eigenvalue weighted by Gasteiger charge is 2.18. The summed E-state index contributed by atoms with van der Waals surface area (Å²) in [5, 5.41) is 3.10. The van der Waals surface area contributed by atoms with Crippen molar-refractivity contribution in [1.82, 2.24) is 4.90 Å². The van der Waals surface area contributed by atoms with Crippen LogP contribution < -0.4 is 5.32 Å². The van der Waals surface area contributed by atoms with E-state index in [1.165, 1.54) is 12.8 Å². The maximum Gasteiger partial charge on any atom is 0.254 e. The first kappa shape index (κ1) is 12.9. The third kappa shape index (κ3) is 2.84. The van der Waals surface area contributed by atoms with E-state index in [9.17, 15) is 4.79 Å². The van der Waals surface area contributed by atoms with Gasteiger partial charge < -0.3 is 10.2 Å². The third-order valence-corrected chi connectivity index (χ3v) is 3.64. The minimum Gasteiger partial charge on any atom is -0.388 e. The fourth-order valence-corrected chi connectivity index (χ4v) is 2.50. The molecular formula is C15H22N2O. The van der Waals surface area contributed by atoms with Gasteiger partial charge in [-0.1, -0.05) is 12.8 Å². The minimum absolute atomic E-state index is 0.192. The standard InChI is InChI=1S/C15H22N2O/c1-12-11-13(16-2)7-8-14(12)15(18)17-9-5-3-4-6-10-17/h7-8,11,16H,3-6,9-10H2,1-2H3. The van der Waals surface area contributed by atoms with Gasteiger partial charge in [-0.15, -0.1) is 0 Å². The van der Waals surface area contributed by atoms with Crippen molar-refractivity contribution in [3.05, 3.63) is 29.3 Å². The lowest BCUT2D eigenvalue weighted by atomic mass is 10.1. The normalized spacial score (nSPS) is 16.2. The molecule has 18 heavy (non-hydrogen) atoms. The Hall–Kier alpha value is -1.51. The second-order valence-electron chi connectivity index (χ2n) is 4.99. The van der Waals surface area contributed by atoms with E-state index in [0.29, 0.717) is 0 Å². The monoisotopic (exact) mass is 246 g/mol. The summed E-state index contributed by atoms with van der Waals surface area (Å²) in [5.41, 5.74) is 2.95. The maximum atomic E-state index is 12.5. The summed E-state index contributed by atoms with van der Waals surface area (Å²) in [6.45, 7) is 3.82. The molecule has 1 aromatic carbocycles. The van der Waals surface area contributed by atoms with Crippen molar-refractivity contribution in [3.8, 4) is 0 Å². The van der Waals surface area contributed by atoms with Crippen LogP contribution in [0.4, 0.5) is 5.69 Å². The summed E-state index contributed by atoms with van der Waals surface area (Å²) in [7, 11) is 1.89. The van der Waals surface area contributed by atoms with Crippen LogP contribution in [0.25, 0.3) is 0 Å². The van der Waals surface area contributed by atoms with Gasteiger partial charge in [-0.3, -0.25) is 4.79 Å². The molecule has 1 heterocycles. The molecule has 3 nitrogen and oxygen atoms in total. The van der Waals surface area contributed by atoms with E-state index in [4.69, 9.17) is 0 Å². The molecule has 1 amide bonds. The number of nitrogens with zero attached hydrogens (tertiary/aromatic N) is 1. The van der Waals surface area contributed by atoms with Crippen molar-refractivity contribution in [2.75, 3.05) is 25.5 Å². The van der Waals surface area contributed by atoms with Gasteiger partial charge in [-0.05, 0) is 43.5 Å². The summed E-state index contributed by atoms with van der Waals surface area (Å²) < 4.78 is 0. The number of rotatable bonds is 2. The number of carbonyl (C=O) groups excluding carboxylic acids is 1. The molecule has 0 aromatic heterocycles. The third-order valence-electron chi connectivity index (χ3n) is 3.64. The highest BCUT2D eigenvalue weighted by atomic mass is 16.2. The quantitative estimate of drug-likeness (QED) is 0.870. The molecule has 2 rings (SSSR count). The lowest BCUT2D eigenvalue weighted by Crippen LogP contribution is -2.32. The van der Waals surface area contributed by atoms with E-state index in [1.54, 1.807) is 0 Å². The molecule has 1 fully saturated rings. The molecule has 1 aliphatic rings. The van der Waals surface area contributed by atoms with E-state index in [-0.39, 0.29) is 5.91 Å². The van der Waals surface area contributed by atoms with Crippen LogP contribution in [-0.4, -0.2) is 30.9 Å². The van der Waals surface area contributed by atoms with Gasteiger partial charge in [0.05, 0.1) is 0 Å². The topological polar surface area (TPSA) is 32.3 Å².